The van der Waals surface area contributed by atoms with Crippen molar-refractivity contribution in [2.45, 2.75) is 6.18 Å². The third-order valence-corrected chi connectivity index (χ3v) is 4.42. The third kappa shape index (κ3) is 4.83. The molecule has 0 aliphatic carbocycles. The number of alkyl halides is 3. The van der Waals surface area contributed by atoms with Crippen molar-refractivity contribution in [1.82, 2.24) is 0 Å². The van der Waals surface area contributed by atoms with Crippen LogP contribution in [-0.2, 0) is 15.7 Å². The lowest BCUT2D eigenvalue weighted by molar-refractivity contribution is -0.137. The fourth-order valence-corrected chi connectivity index (χ4v) is 2.98. The molecule has 9 heteroatoms. The van der Waals surface area contributed by atoms with Crippen LogP contribution in [0.3, 0.4) is 0 Å². The minimum Gasteiger partial charge on any atom is -0.496 e. The number of ether oxygens (including phenoxy) is 2. The van der Waals surface area contributed by atoms with Crippen LogP contribution in [0.2, 0.25) is 5.02 Å². The average molecular weight is 438 g/mol. The maximum Gasteiger partial charge on any atom is 0.418 e. The number of benzene rings is 3. The van der Waals surface area contributed by atoms with E-state index in [4.69, 9.17) is 21.1 Å². The van der Waals surface area contributed by atoms with Crippen LogP contribution < -0.4 is 10.1 Å². The van der Waals surface area contributed by atoms with Gasteiger partial charge in [-0.05, 0) is 41.1 Å². The number of rotatable bonds is 5. The van der Waals surface area contributed by atoms with Gasteiger partial charge >= 0.3 is 12.1 Å². The van der Waals surface area contributed by atoms with Gasteiger partial charge in [0.15, 0.2) is 6.61 Å². The summed E-state index contributed by atoms with van der Waals surface area (Å²) >= 11 is 5.61. The van der Waals surface area contributed by atoms with Crippen LogP contribution in [0.25, 0.3) is 10.8 Å². The van der Waals surface area contributed by atoms with Crippen molar-refractivity contribution in [3.8, 4) is 5.75 Å². The second kappa shape index (κ2) is 8.62. The molecule has 0 aliphatic heterocycles. The molecule has 0 aliphatic rings. The molecule has 3 aromatic carbocycles. The molecule has 0 spiro atoms. The second-order valence-electron chi connectivity index (χ2n) is 6.21. The number of amides is 1. The molecule has 0 saturated heterocycles. The van der Waals surface area contributed by atoms with Crippen LogP contribution in [0.4, 0.5) is 18.9 Å². The predicted molar refractivity (Wildman–Crippen MR) is 106 cm³/mol. The van der Waals surface area contributed by atoms with E-state index in [0.717, 1.165) is 16.8 Å². The monoisotopic (exact) mass is 437 g/mol. The Hall–Kier alpha value is -3.26. The number of methoxy groups -OCH3 is 1. The van der Waals surface area contributed by atoms with Gasteiger partial charge in [0, 0.05) is 5.02 Å². The van der Waals surface area contributed by atoms with Gasteiger partial charge in [-0.2, -0.15) is 13.2 Å². The number of nitrogens with one attached hydrogen (secondary N) is 1. The zero-order chi connectivity index (χ0) is 21.9. The van der Waals surface area contributed by atoms with Crippen LogP contribution in [0, 0.1) is 0 Å². The molecular formula is C21H15ClF3NO4. The van der Waals surface area contributed by atoms with Gasteiger partial charge in [0.1, 0.15) is 11.3 Å². The standard InChI is InChI=1S/C21H15ClF3NO4/c1-29-18-9-13-5-3-2-4-12(13)8-15(18)20(28)30-11-19(27)26-17-7-6-14(22)10-16(17)21(23,24)25/h2-10H,11H2,1H3,(H,26,27). The molecule has 5 nitrogen and oxygen atoms in total. The number of carbonyl (C=O) groups is 2. The molecule has 0 radical (unpaired) electrons. The molecule has 3 aromatic rings. The van der Waals surface area contributed by atoms with Gasteiger partial charge in [-0.1, -0.05) is 35.9 Å². The van der Waals surface area contributed by atoms with Crippen molar-refractivity contribution in [3.63, 3.8) is 0 Å². The first-order valence-corrected chi connectivity index (χ1v) is 8.97. The van der Waals surface area contributed by atoms with Crippen molar-refractivity contribution in [3.05, 3.63) is 70.7 Å². The Labute approximate surface area is 174 Å². The number of fused-ring (bicyclic) bond motifs is 1. The first-order valence-electron chi connectivity index (χ1n) is 8.59. The molecule has 30 heavy (non-hydrogen) atoms. The SMILES string of the molecule is COc1cc2ccccc2cc1C(=O)OCC(=O)Nc1ccc(Cl)cc1C(F)(F)F. The fourth-order valence-electron chi connectivity index (χ4n) is 2.80. The number of esters is 1. The Morgan fingerprint density at radius 2 is 1.70 bits per heavy atom. The zero-order valence-corrected chi connectivity index (χ0v) is 16.3. The maximum atomic E-state index is 13.1. The Kier molecular flexibility index (Phi) is 6.17. The summed E-state index contributed by atoms with van der Waals surface area (Å²) in [7, 11) is 1.38. The summed E-state index contributed by atoms with van der Waals surface area (Å²) in [6.07, 6.45) is -4.72. The molecule has 0 saturated carbocycles. The summed E-state index contributed by atoms with van der Waals surface area (Å²) < 4.78 is 49.5. The lowest BCUT2D eigenvalue weighted by Crippen LogP contribution is -2.23. The quantitative estimate of drug-likeness (QED) is 0.549. The van der Waals surface area contributed by atoms with Crippen molar-refractivity contribution in [2.75, 3.05) is 19.0 Å². The van der Waals surface area contributed by atoms with Gasteiger partial charge < -0.3 is 14.8 Å². The summed E-state index contributed by atoms with van der Waals surface area (Å²) in [4.78, 5) is 24.5. The number of hydrogen-bond donors (Lipinski definition) is 1. The molecule has 0 fully saturated rings. The van der Waals surface area contributed by atoms with Gasteiger partial charge in [0.25, 0.3) is 5.91 Å². The molecule has 0 aromatic heterocycles. The topological polar surface area (TPSA) is 64.6 Å². The number of hydrogen-bond acceptors (Lipinski definition) is 4. The van der Waals surface area contributed by atoms with E-state index >= 15 is 0 Å². The largest absolute Gasteiger partial charge is 0.496 e. The van der Waals surface area contributed by atoms with Gasteiger partial charge in [0.05, 0.1) is 18.4 Å². The van der Waals surface area contributed by atoms with Gasteiger partial charge in [-0.3, -0.25) is 4.79 Å². The Bertz CT molecular complexity index is 1120. The molecule has 156 valence electrons. The smallest absolute Gasteiger partial charge is 0.418 e. The summed E-state index contributed by atoms with van der Waals surface area (Å²) in [6, 6.07) is 13.4. The van der Waals surface area contributed by atoms with Crippen molar-refractivity contribution in [2.24, 2.45) is 0 Å². The van der Waals surface area contributed by atoms with Crippen LogP contribution in [0.15, 0.2) is 54.6 Å². The van der Waals surface area contributed by atoms with E-state index in [1.165, 1.54) is 13.2 Å². The minimum atomic E-state index is -4.72. The summed E-state index contributed by atoms with van der Waals surface area (Å²) in [5, 5.41) is 3.55. The van der Waals surface area contributed by atoms with E-state index in [9.17, 15) is 22.8 Å². The van der Waals surface area contributed by atoms with Gasteiger partial charge in [0.2, 0.25) is 0 Å². The summed E-state index contributed by atoms with van der Waals surface area (Å²) in [5.74, 6) is -1.54. The van der Waals surface area contributed by atoms with E-state index in [-0.39, 0.29) is 16.3 Å². The van der Waals surface area contributed by atoms with E-state index in [2.05, 4.69) is 5.32 Å². The van der Waals surface area contributed by atoms with Crippen LogP contribution in [0.5, 0.6) is 5.75 Å². The highest BCUT2D eigenvalue weighted by Gasteiger charge is 2.34. The van der Waals surface area contributed by atoms with E-state index in [1.54, 1.807) is 24.3 Å². The van der Waals surface area contributed by atoms with Crippen molar-refractivity contribution >= 4 is 39.9 Å². The normalized spacial score (nSPS) is 11.2. The molecule has 0 bridgehead atoms. The highest BCUT2D eigenvalue weighted by Crippen LogP contribution is 2.36. The minimum absolute atomic E-state index is 0.0893. The number of carbonyl (C=O) groups excluding carboxylic acids is 2. The van der Waals surface area contributed by atoms with Gasteiger partial charge in [-0.25, -0.2) is 4.79 Å². The van der Waals surface area contributed by atoms with Crippen LogP contribution >= 0.6 is 11.6 Å². The Balaban J connectivity index is 1.73. The number of anilines is 1. The first kappa shape index (κ1) is 21.4. The zero-order valence-electron chi connectivity index (χ0n) is 15.5. The Morgan fingerprint density at radius 3 is 2.33 bits per heavy atom. The maximum absolute atomic E-state index is 13.1. The lowest BCUT2D eigenvalue weighted by atomic mass is 10.1. The highest BCUT2D eigenvalue weighted by molar-refractivity contribution is 6.30. The van der Waals surface area contributed by atoms with E-state index in [0.29, 0.717) is 6.07 Å². The number of halogens is 4. The highest BCUT2D eigenvalue weighted by atomic mass is 35.5. The fraction of sp³-hybridized carbons (Fsp3) is 0.143. The van der Waals surface area contributed by atoms with Crippen LogP contribution in [0.1, 0.15) is 15.9 Å². The summed E-state index contributed by atoms with van der Waals surface area (Å²) in [5.41, 5.74) is -1.51. The molecule has 0 atom stereocenters. The molecule has 1 N–H and O–H groups in total. The third-order valence-electron chi connectivity index (χ3n) is 4.18. The molecule has 3 rings (SSSR count). The first-order chi connectivity index (χ1) is 14.2. The van der Waals surface area contributed by atoms with Crippen molar-refractivity contribution < 1.29 is 32.2 Å². The second-order valence-corrected chi connectivity index (χ2v) is 6.65. The van der Waals surface area contributed by atoms with E-state index in [1.807, 2.05) is 12.1 Å². The lowest BCUT2D eigenvalue weighted by Gasteiger charge is -2.14. The predicted octanol–water partition coefficient (Wildman–Crippen LogP) is 5.32. The molecular weight excluding hydrogens is 423 g/mol. The summed E-state index contributed by atoms with van der Waals surface area (Å²) in [6.45, 7) is -0.783. The molecule has 1 amide bonds. The van der Waals surface area contributed by atoms with E-state index < -0.39 is 35.9 Å². The molecule has 0 unspecified atom stereocenters. The average Bonchev–Trinajstić information content (AvgIpc) is 2.71. The Morgan fingerprint density at radius 1 is 1.03 bits per heavy atom. The molecule has 0 heterocycles. The van der Waals surface area contributed by atoms with Gasteiger partial charge in [-0.15, -0.1) is 0 Å². The van der Waals surface area contributed by atoms with Crippen molar-refractivity contribution in [1.29, 1.82) is 0 Å². The van der Waals surface area contributed by atoms with Crippen LogP contribution in [-0.4, -0.2) is 25.6 Å².